The van der Waals surface area contributed by atoms with Gasteiger partial charge in [0.1, 0.15) is 0 Å². The topological polar surface area (TPSA) is 69.8 Å². The SMILES string of the molecule is O=C(Nc1nc2ccccc2[nH]1)[C@H]1CCCCN1. The minimum atomic E-state index is -0.0908. The molecule has 0 radical (unpaired) electrons. The van der Waals surface area contributed by atoms with Crippen LogP contribution < -0.4 is 10.6 Å². The molecule has 0 aliphatic carbocycles. The number of nitrogens with zero attached hydrogens (tertiary/aromatic N) is 1. The Morgan fingerprint density at radius 1 is 1.33 bits per heavy atom. The number of amides is 1. The molecule has 18 heavy (non-hydrogen) atoms. The van der Waals surface area contributed by atoms with E-state index in [2.05, 4.69) is 20.6 Å². The Balaban J connectivity index is 1.73. The summed E-state index contributed by atoms with van der Waals surface area (Å²) in [5.41, 5.74) is 1.80. The van der Waals surface area contributed by atoms with Crippen LogP contribution in [0.1, 0.15) is 19.3 Å². The number of piperidine rings is 1. The predicted molar refractivity (Wildman–Crippen MR) is 70.4 cm³/mol. The van der Waals surface area contributed by atoms with E-state index in [4.69, 9.17) is 0 Å². The van der Waals surface area contributed by atoms with Crippen molar-refractivity contribution in [2.45, 2.75) is 25.3 Å². The zero-order chi connectivity index (χ0) is 12.4. The maximum Gasteiger partial charge on any atom is 0.243 e. The molecular weight excluding hydrogens is 228 g/mol. The summed E-state index contributed by atoms with van der Waals surface area (Å²) >= 11 is 0. The minimum Gasteiger partial charge on any atom is -0.324 e. The van der Waals surface area contributed by atoms with Crippen molar-refractivity contribution in [1.82, 2.24) is 15.3 Å². The van der Waals surface area contributed by atoms with Crippen LogP contribution in [-0.2, 0) is 4.79 Å². The molecule has 2 heterocycles. The molecule has 0 saturated carbocycles. The number of nitrogens with one attached hydrogen (secondary N) is 3. The number of para-hydroxylation sites is 2. The van der Waals surface area contributed by atoms with Crippen LogP contribution in [0.25, 0.3) is 11.0 Å². The van der Waals surface area contributed by atoms with Gasteiger partial charge in [-0.15, -0.1) is 0 Å². The molecule has 2 aromatic rings. The van der Waals surface area contributed by atoms with E-state index >= 15 is 0 Å². The summed E-state index contributed by atoms with van der Waals surface area (Å²) in [6.07, 6.45) is 3.14. The van der Waals surface area contributed by atoms with Gasteiger partial charge < -0.3 is 10.3 Å². The van der Waals surface area contributed by atoms with Crippen molar-refractivity contribution < 1.29 is 4.79 Å². The Kier molecular flexibility index (Phi) is 2.98. The molecule has 1 aromatic heterocycles. The molecular formula is C13H16N4O. The number of hydrogen-bond acceptors (Lipinski definition) is 3. The fourth-order valence-electron chi connectivity index (χ4n) is 2.29. The summed E-state index contributed by atoms with van der Waals surface area (Å²) < 4.78 is 0. The van der Waals surface area contributed by atoms with Gasteiger partial charge >= 0.3 is 0 Å². The van der Waals surface area contributed by atoms with Gasteiger partial charge in [0.15, 0.2) is 0 Å². The molecule has 1 aliphatic rings. The van der Waals surface area contributed by atoms with Gasteiger partial charge in [0.25, 0.3) is 0 Å². The Morgan fingerprint density at radius 3 is 3.00 bits per heavy atom. The van der Waals surface area contributed by atoms with Gasteiger partial charge in [0.05, 0.1) is 17.1 Å². The van der Waals surface area contributed by atoms with Crippen molar-refractivity contribution in [1.29, 1.82) is 0 Å². The van der Waals surface area contributed by atoms with Gasteiger partial charge in [-0.2, -0.15) is 0 Å². The highest BCUT2D eigenvalue weighted by molar-refractivity contribution is 5.94. The zero-order valence-corrected chi connectivity index (χ0v) is 10.1. The van der Waals surface area contributed by atoms with E-state index in [-0.39, 0.29) is 11.9 Å². The molecule has 0 spiro atoms. The van der Waals surface area contributed by atoms with Gasteiger partial charge in [-0.05, 0) is 31.5 Å². The molecule has 0 unspecified atom stereocenters. The van der Waals surface area contributed by atoms with Crippen molar-refractivity contribution in [3.8, 4) is 0 Å². The summed E-state index contributed by atoms with van der Waals surface area (Å²) in [6, 6.07) is 7.63. The summed E-state index contributed by atoms with van der Waals surface area (Å²) in [5.74, 6) is 0.516. The molecule has 1 atom stereocenters. The average molecular weight is 244 g/mol. The summed E-state index contributed by atoms with van der Waals surface area (Å²) in [6.45, 7) is 0.915. The maximum atomic E-state index is 12.0. The Morgan fingerprint density at radius 2 is 2.22 bits per heavy atom. The second-order valence-corrected chi connectivity index (χ2v) is 4.59. The van der Waals surface area contributed by atoms with Crippen molar-refractivity contribution in [2.75, 3.05) is 11.9 Å². The van der Waals surface area contributed by atoms with Crippen LogP contribution in [0.2, 0.25) is 0 Å². The highest BCUT2D eigenvalue weighted by Crippen LogP contribution is 2.14. The van der Waals surface area contributed by atoms with Crippen molar-refractivity contribution in [2.24, 2.45) is 0 Å². The number of aromatic nitrogens is 2. The summed E-state index contributed by atoms with van der Waals surface area (Å²) in [5, 5.41) is 6.05. The van der Waals surface area contributed by atoms with Crippen LogP contribution in [0.15, 0.2) is 24.3 Å². The first kappa shape index (κ1) is 11.2. The van der Waals surface area contributed by atoms with Crippen LogP contribution in [0.3, 0.4) is 0 Å². The minimum absolute atomic E-state index is 0.00578. The van der Waals surface area contributed by atoms with Crippen molar-refractivity contribution in [3.63, 3.8) is 0 Å². The van der Waals surface area contributed by atoms with E-state index in [1.54, 1.807) is 0 Å². The van der Waals surface area contributed by atoms with E-state index in [9.17, 15) is 4.79 Å². The lowest BCUT2D eigenvalue weighted by Crippen LogP contribution is -2.43. The van der Waals surface area contributed by atoms with Gasteiger partial charge in [0, 0.05) is 0 Å². The first-order valence-corrected chi connectivity index (χ1v) is 6.32. The van der Waals surface area contributed by atoms with E-state index in [1.807, 2.05) is 24.3 Å². The number of fused-ring (bicyclic) bond motifs is 1. The molecule has 94 valence electrons. The highest BCUT2D eigenvalue weighted by Gasteiger charge is 2.21. The number of anilines is 1. The van der Waals surface area contributed by atoms with Gasteiger partial charge in [0.2, 0.25) is 11.9 Å². The second-order valence-electron chi connectivity index (χ2n) is 4.59. The lowest BCUT2D eigenvalue weighted by molar-refractivity contribution is -0.118. The third-order valence-corrected chi connectivity index (χ3v) is 3.26. The number of carbonyl (C=O) groups excluding carboxylic acids is 1. The van der Waals surface area contributed by atoms with Crippen LogP contribution in [-0.4, -0.2) is 28.5 Å². The number of aromatic amines is 1. The molecule has 1 aliphatic heterocycles. The van der Waals surface area contributed by atoms with Crippen LogP contribution in [0.4, 0.5) is 5.95 Å². The third kappa shape index (κ3) is 2.22. The monoisotopic (exact) mass is 244 g/mol. The average Bonchev–Trinajstić information content (AvgIpc) is 2.82. The Hall–Kier alpha value is -1.88. The fourth-order valence-corrected chi connectivity index (χ4v) is 2.29. The van der Waals surface area contributed by atoms with Crippen molar-refractivity contribution >= 4 is 22.9 Å². The number of H-pyrrole nitrogens is 1. The standard InChI is InChI=1S/C13H16N4O/c18-12(11-7-3-4-8-14-11)17-13-15-9-5-1-2-6-10(9)16-13/h1-2,5-6,11,14H,3-4,7-8H2,(H2,15,16,17,18)/t11-/m1/s1. The molecule has 5 nitrogen and oxygen atoms in total. The van der Waals surface area contributed by atoms with E-state index in [0.717, 1.165) is 36.8 Å². The van der Waals surface area contributed by atoms with Crippen LogP contribution in [0.5, 0.6) is 0 Å². The van der Waals surface area contributed by atoms with Gasteiger partial charge in [-0.1, -0.05) is 18.6 Å². The molecule has 3 N–H and O–H groups in total. The normalized spacial score (nSPS) is 19.9. The lowest BCUT2D eigenvalue weighted by atomic mass is 10.0. The van der Waals surface area contributed by atoms with Crippen LogP contribution >= 0.6 is 0 Å². The Labute approximate surface area is 105 Å². The Bertz CT molecular complexity index is 524. The first-order valence-electron chi connectivity index (χ1n) is 6.32. The lowest BCUT2D eigenvalue weighted by Gasteiger charge is -2.21. The van der Waals surface area contributed by atoms with E-state index in [0.29, 0.717) is 5.95 Å². The van der Waals surface area contributed by atoms with Crippen LogP contribution in [0, 0.1) is 0 Å². The maximum absolute atomic E-state index is 12.0. The second kappa shape index (κ2) is 4.78. The van der Waals surface area contributed by atoms with Gasteiger partial charge in [-0.3, -0.25) is 10.1 Å². The molecule has 0 bridgehead atoms. The smallest absolute Gasteiger partial charge is 0.243 e. The molecule has 1 aromatic carbocycles. The molecule has 1 fully saturated rings. The third-order valence-electron chi connectivity index (χ3n) is 3.26. The fraction of sp³-hybridized carbons (Fsp3) is 0.385. The zero-order valence-electron chi connectivity index (χ0n) is 10.1. The predicted octanol–water partition coefficient (Wildman–Crippen LogP) is 1.64. The highest BCUT2D eigenvalue weighted by atomic mass is 16.2. The van der Waals surface area contributed by atoms with E-state index < -0.39 is 0 Å². The molecule has 1 saturated heterocycles. The first-order chi connectivity index (χ1) is 8.83. The van der Waals surface area contributed by atoms with Crippen molar-refractivity contribution in [3.05, 3.63) is 24.3 Å². The number of hydrogen-bond donors (Lipinski definition) is 3. The number of rotatable bonds is 2. The van der Waals surface area contributed by atoms with Gasteiger partial charge in [-0.25, -0.2) is 4.98 Å². The quantitative estimate of drug-likeness (QED) is 0.752. The largest absolute Gasteiger partial charge is 0.324 e. The number of carbonyl (C=O) groups is 1. The molecule has 3 rings (SSSR count). The van der Waals surface area contributed by atoms with E-state index in [1.165, 1.54) is 0 Å². The number of benzene rings is 1. The molecule has 1 amide bonds. The summed E-state index contributed by atoms with van der Waals surface area (Å²) in [4.78, 5) is 19.4. The molecule has 5 heteroatoms. The number of imidazole rings is 1. The summed E-state index contributed by atoms with van der Waals surface area (Å²) in [7, 11) is 0.